The van der Waals surface area contributed by atoms with E-state index < -0.39 is 0 Å². The Balaban J connectivity index is 1.73. The first-order valence-corrected chi connectivity index (χ1v) is 9.41. The minimum absolute atomic E-state index is 0.0706. The van der Waals surface area contributed by atoms with Gasteiger partial charge in [-0.05, 0) is 45.4 Å². The highest BCUT2D eigenvalue weighted by Crippen LogP contribution is 2.30. The molecule has 1 N–H and O–H groups in total. The Bertz CT molecular complexity index is 635. The summed E-state index contributed by atoms with van der Waals surface area (Å²) < 4.78 is 1.96. The van der Waals surface area contributed by atoms with Gasteiger partial charge in [-0.15, -0.1) is 0 Å². The molecule has 1 aliphatic heterocycles. The maximum Gasteiger partial charge on any atom is 0.245 e. The lowest BCUT2D eigenvalue weighted by Gasteiger charge is -2.36. The Kier molecular flexibility index (Phi) is 5.39. The summed E-state index contributed by atoms with van der Waals surface area (Å²) in [5.74, 6) is 1.88. The van der Waals surface area contributed by atoms with E-state index in [1.807, 2.05) is 23.4 Å². The van der Waals surface area contributed by atoms with Crippen LogP contribution in [0, 0.1) is 19.8 Å². The lowest BCUT2D eigenvalue weighted by molar-refractivity contribution is -0.139. The van der Waals surface area contributed by atoms with Gasteiger partial charge < -0.3 is 10.2 Å². The summed E-state index contributed by atoms with van der Waals surface area (Å²) in [4.78, 5) is 31.1. The fourth-order valence-corrected chi connectivity index (χ4v) is 4.32. The number of rotatable bonds is 4. The van der Waals surface area contributed by atoms with E-state index in [0.29, 0.717) is 6.54 Å². The second kappa shape index (κ2) is 7.54. The molecule has 1 aromatic rings. The van der Waals surface area contributed by atoms with Crippen LogP contribution in [-0.2, 0) is 9.59 Å². The van der Waals surface area contributed by atoms with Crippen molar-refractivity contribution < 1.29 is 9.59 Å². The molecule has 0 radical (unpaired) electrons. The second-order valence-corrected chi connectivity index (χ2v) is 7.45. The van der Waals surface area contributed by atoms with Crippen LogP contribution in [-0.4, -0.2) is 50.6 Å². The summed E-state index contributed by atoms with van der Waals surface area (Å²) in [5, 5.41) is 7.42. The third-order valence-electron chi connectivity index (χ3n) is 5.46. The summed E-state index contributed by atoms with van der Waals surface area (Å²) in [6.07, 6.45) is 6.29. The Morgan fingerprint density at radius 1 is 1.16 bits per heavy atom. The molecule has 0 spiro atoms. The number of aromatic nitrogens is 3. The van der Waals surface area contributed by atoms with Crippen molar-refractivity contribution in [3.05, 3.63) is 11.6 Å². The molecule has 1 saturated carbocycles. The topological polar surface area (TPSA) is 80.1 Å². The van der Waals surface area contributed by atoms with Crippen molar-refractivity contribution in [3.8, 4) is 0 Å². The Labute approximate surface area is 149 Å². The van der Waals surface area contributed by atoms with Crippen molar-refractivity contribution in [2.24, 2.45) is 5.92 Å². The minimum atomic E-state index is -0.377. The van der Waals surface area contributed by atoms with Crippen molar-refractivity contribution >= 4 is 11.8 Å². The van der Waals surface area contributed by atoms with Crippen molar-refractivity contribution in [3.63, 3.8) is 0 Å². The predicted molar refractivity (Wildman–Crippen MR) is 93.9 cm³/mol. The van der Waals surface area contributed by atoms with Gasteiger partial charge in [0.1, 0.15) is 17.7 Å². The van der Waals surface area contributed by atoms with Crippen LogP contribution in [0.2, 0.25) is 0 Å². The van der Waals surface area contributed by atoms with Gasteiger partial charge in [0.05, 0.1) is 6.04 Å². The third kappa shape index (κ3) is 4.02. The smallest absolute Gasteiger partial charge is 0.245 e. The average Bonchev–Trinajstić information content (AvgIpc) is 3.21. The van der Waals surface area contributed by atoms with E-state index >= 15 is 0 Å². The number of aryl methyl sites for hydroxylation is 2. The molecule has 3 rings (SSSR count). The molecule has 0 bridgehead atoms. The van der Waals surface area contributed by atoms with Crippen LogP contribution in [0.5, 0.6) is 0 Å². The predicted octanol–water partition coefficient (Wildman–Crippen LogP) is 1.75. The fourth-order valence-electron chi connectivity index (χ4n) is 4.32. The number of carbonyl (C=O) groups is 2. The summed E-state index contributed by atoms with van der Waals surface area (Å²) in [5.41, 5.74) is 0. The van der Waals surface area contributed by atoms with Gasteiger partial charge >= 0.3 is 0 Å². The van der Waals surface area contributed by atoms with Gasteiger partial charge in [-0.25, -0.2) is 9.67 Å². The van der Waals surface area contributed by atoms with Crippen molar-refractivity contribution in [1.82, 2.24) is 25.0 Å². The van der Waals surface area contributed by atoms with Gasteiger partial charge in [0.25, 0.3) is 0 Å². The van der Waals surface area contributed by atoms with Crippen LogP contribution in [0.15, 0.2) is 0 Å². The van der Waals surface area contributed by atoms with Gasteiger partial charge in [0, 0.05) is 20.0 Å². The van der Waals surface area contributed by atoms with E-state index in [1.54, 1.807) is 0 Å². The summed E-state index contributed by atoms with van der Waals surface area (Å²) in [7, 11) is 0. The molecule has 2 heterocycles. The maximum absolute atomic E-state index is 13.2. The Morgan fingerprint density at radius 3 is 2.48 bits per heavy atom. The van der Waals surface area contributed by atoms with Gasteiger partial charge in [-0.1, -0.05) is 12.8 Å². The zero-order chi connectivity index (χ0) is 18.0. The highest BCUT2D eigenvalue weighted by Gasteiger charge is 2.36. The summed E-state index contributed by atoms with van der Waals surface area (Å²) in [6, 6.07) is -0.210. The van der Waals surface area contributed by atoms with E-state index in [1.165, 1.54) is 6.92 Å². The van der Waals surface area contributed by atoms with Gasteiger partial charge in [0.2, 0.25) is 11.8 Å². The van der Waals surface area contributed by atoms with Crippen LogP contribution in [0.1, 0.15) is 63.1 Å². The number of carbonyl (C=O) groups excluding carboxylic acids is 2. The van der Waals surface area contributed by atoms with E-state index in [9.17, 15) is 9.59 Å². The molecule has 7 nitrogen and oxygen atoms in total. The molecule has 0 aromatic carbocycles. The number of hydrogen-bond acceptors (Lipinski definition) is 4. The molecule has 25 heavy (non-hydrogen) atoms. The zero-order valence-electron chi connectivity index (χ0n) is 15.5. The fraction of sp³-hybridized carbons (Fsp3) is 0.778. The summed E-state index contributed by atoms with van der Waals surface area (Å²) >= 11 is 0. The van der Waals surface area contributed by atoms with Crippen LogP contribution in [0.4, 0.5) is 0 Å². The van der Waals surface area contributed by atoms with Crippen LogP contribution in [0.3, 0.4) is 0 Å². The minimum Gasteiger partial charge on any atom is -0.344 e. The summed E-state index contributed by atoms with van der Waals surface area (Å²) in [6.45, 7) is 6.74. The number of nitrogens with zero attached hydrogens (tertiary/aromatic N) is 4. The maximum atomic E-state index is 13.2. The largest absolute Gasteiger partial charge is 0.344 e. The molecule has 2 amide bonds. The number of hydrogen-bond donors (Lipinski definition) is 1. The molecule has 2 aliphatic rings. The number of likely N-dealkylation sites (tertiary alicyclic amines) is 1. The van der Waals surface area contributed by atoms with Gasteiger partial charge in [-0.2, -0.15) is 5.10 Å². The highest BCUT2D eigenvalue weighted by atomic mass is 16.2. The molecule has 138 valence electrons. The van der Waals surface area contributed by atoms with Crippen LogP contribution in [0.25, 0.3) is 0 Å². The molecular formula is C18H29N5O2. The quantitative estimate of drug-likeness (QED) is 0.900. The normalized spacial score (nSPS) is 22.8. The molecule has 7 heteroatoms. The lowest BCUT2D eigenvalue weighted by atomic mass is 9.95. The van der Waals surface area contributed by atoms with Crippen LogP contribution < -0.4 is 5.32 Å². The second-order valence-electron chi connectivity index (χ2n) is 7.45. The van der Waals surface area contributed by atoms with E-state index in [2.05, 4.69) is 15.4 Å². The molecule has 1 saturated heterocycles. The van der Waals surface area contributed by atoms with Crippen molar-refractivity contribution in [2.75, 3.05) is 13.1 Å². The molecule has 0 unspecified atom stereocenters. The number of nitrogens with one attached hydrogen (secondary N) is 1. The van der Waals surface area contributed by atoms with E-state index in [4.69, 9.17) is 0 Å². The number of piperidine rings is 1. The van der Waals surface area contributed by atoms with Gasteiger partial charge in [0.15, 0.2) is 0 Å². The monoisotopic (exact) mass is 347 g/mol. The van der Waals surface area contributed by atoms with Gasteiger partial charge in [-0.3, -0.25) is 9.59 Å². The number of amides is 2. The van der Waals surface area contributed by atoms with E-state index in [-0.39, 0.29) is 29.8 Å². The first-order chi connectivity index (χ1) is 12.0. The first kappa shape index (κ1) is 17.9. The lowest BCUT2D eigenvalue weighted by Crippen LogP contribution is -2.53. The van der Waals surface area contributed by atoms with Crippen LogP contribution >= 0.6 is 0 Å². The standard InChI is InChI=1S/C18H29N5O2/c1-12-19-13(2)23(21-12)16-9-6-10-22(11-16)18(25)17(20-14(3)24)15-7-4-5-8-15/h15-17H,4-11H2,1-3H3,(H,20,24)/t16-,17+/m0/s1. The van der Waals surface area contributed by atoms with Crippen molar-refractivity contribution in [2.45, 2.75) is 71.4 Å². The highest BCUT2D eigenvalue weighted by molar-refractivity contribution is 5.87. The molecule has 1 aliphatic carbocycles. The zero-order valence-corrected chi connectivity index (χ0v) is 15.5. The molecule has 2 atom stereocenters. The Hall–Kier alpha value is -1.92. The van der Waals surface area contributed by atoms with E-state index in [0.717, 1.165) is 56.7 Å². The SMILES string of the molecule is CC(=O)N[C@@H](C(=O)N1CCC[C@H](n2nc(C)nc2C)C1)C1CCCC1. The molecule has 2 fully saturated rings. The molecule has 1 aromatic heterocycles. The first-order valence-electron chi connectivity index (χ1n) is 9.41. The molecular weight excluding hydrogens is 318 g/mol. The Morgan fingerprint density at radius 2 is 1.88 bits per heavy atom. The van der Waals surface area contributed by atoms with Crippen molar-refractivity contribution in [1.29, 1.82) is 0 Å². The third-order valence-corrected chi connectivity index (χ3v) is 5.46. The average molecular weight is 347 g/mol.